The van der Waals surface area contributed by atoms with E-state index in [-0.39, 0.29) is 17.8 Å². The van der Waals surface area contributed by atoms with Gasteiger partial charge in [0.15, 0.2) is 0 Å². The molecule has 0 heterocycles. The van der Waals surface area contributed by atoms with Crippen LogP contribution in [0.5, 0.6) is 0 Å². The highest BCUT2D eigenvalue weighted by Crippen LogP contribution is 2.06. The van der Waals surface area contributed by atoms with Crippen LogP contribution in [0.1, 0.15) is 6.92 Å². The molecule has 0 saturated carbocycles. The van der Waals surface area contributed by atoms with Gasteiger partial charge in [-0.2, -0.15) is 0 Å². The van der Waals surface area contributed by atoms with Gasteiger partial charge in [0.05, 0.1) is 0 Å². The van der Waals surface area contributed by atoms with Gasteiger partial charge in [0.2, 0.25) is 12.3 Å². The Morgan fingerprint density at radius 1 is 1.64 bits per heavy atom. The summed E-state index contributed by atoms with van der Waals surface area (Å²) >= 11 is 5.67. The lowest BCUT2D eigenvalue weighted by molar-refractivity contribution is -0.120. The maximum atomic E-state index is 10.9. The molecule has 0 bridgehead atoms. The zero-order valence-corrected chi connectivity index (χ0v) is 8.87. The van der Waals surface area contributed by atoms with Gasteiger partial charge in [0.25, 0.3) is 0 Å². The molecule has 80 valence electrons. The van der Waals surface area contributed by atoms with Crippen molar-refractivity contribution in [1.82, 2.24) is 10.2 Å². The third kappa shape index (κ3) is 4.84. The zero-order valence-electron chi connectivity index (χ0n) is 8.12. The van der Waals surface area contributed by atoms with E-state index in [1.54, 1.807) is 6.92 Å². The molecule has 0 aromatic rings. The number of nitrogens with zero attached hydrogens (tertiary/aromatic N) is 1. The number of carbonyl (C=O) groups is 2. The van der Waals surface area contributed by atoms with Crippen LogP contribution in [0.3, 0.4) is 0 Å². The lowest BCUT2D eigenvalue weighted by Crippen LogP contribution is -2.24. The van der Waals surface area contributed by atoms with Crippen LogP contribution in [0.25, 0.3) is 0 Å². The first kappa shape index (κ1) is 12.9. The summed E-state index contributed by atoms with van der Waals surface area (Å²) in [5.41, 5.74) is 0. The highest BCUT2D eigenvalue weighted by molar-refractivity contribution is 6.31. The molecule has 14 heavy (non-hydrogen) atoms. The Kier molecular flexibility index (Phi) is 6.78. The summed E-state index contributed by atoms with van der Waals surface area (Å²) in [6.07, 6.45) is 1.60. The molecule has 0 unspecified atom stereocenters. The number of likely N-dealkylation sites (N-methyl/N-ethyl adjacent to an activating group) is 1. The second kappa shape index (κ2) is 7.34. The molecule has 0 rings (SSSR count). The summed E-state index contributed by atoms with van der Waals surface area (Å²) in [6.45, 7) is 2.29. The van der Waals surface area contributed by atoms with Crippen molar-refractivity contribution in [3.8, 4) is 0 Å². The van der Waals surface area contributed by atoms with Crippen LogP contribution in [-0.2, 0) is 14.3 Å². The molecule has 1 N–H and O–H groups in total. The number of rotatable bonds is 6. The quantitative estimate of drug-likeness (QED) is 0.303. The van der Waals surface area contributed by atoms with E-state index in [0.29, 0.717) is 13.0 Å². The van der Waals surface area contributed by atoms with E-state index in [1.165, 1.54) is 7.05 Å². The highest BCUT2D eigenvalue weighted by atomic mass is 35.5. The maximum Gasteiger partial charge on any atom is 0.246 e. The Bertz CT molecular complexity index is 231. The van der Waals surface area contributed by atoms with Crippen LogP contribution in [0.2, 0.25) is 0 Å². The van der Waals surface area contributed by atoms with E-state index in [4.69, 9.17) is 16.3 Å². The molecule has 0 aliphatic heterocycles. The number of hydrogen-bond acceptors (Lipinski definition) is 3. The first-order chi connectivity index (χ1) is 6.65. The molecule has 0 atom stereocenters. The first-order valence-corrected chi connectivity index (χ1v) is 4.42. The van der Waals surface area contributed by atoms with E-state index in [2.05, 4.69) is 5.32 Å². The molecule has 0 spiro atoms. The van der Waals surface area contributed by atoms with Crippen molar-refractivity contribution in [3.05, 3.63) is 11.2 Å². The van der Waals surface area contributed by atoms with Gasteiger partial charge in [-0.25, -0.2) is 0 Å². The third-order valence-electron chi connectivity index (χ3n) is 1.33. The monoisotopic (exact) mass is 220 g/mol. The molecule has 0 aliphatic rings. The van der Waals surface area contributed by atoms with Gasteiger partial charge < -0.3 is 10.1 Å². The van der Waals surface area contributed by atoms with Crippen molar-refractivity contribution in [2.75, 3.05) is 20.4 Å². The van der Waals surface area contributed by atoms with Crippen molar-refractivity contribution in [1.29, 1.82) is 0 Å². The highest BCUT2D eigenvalue weighted by Gasteiger charge is 2.06. The molecule has 0 aromatic heterocycles. The average Bonchev–Trinajstić information content (AvgIpc) is 2.18. The normalized spacial score (nSPS) is 10.9. The molecule has 0 saturated heterocycles. The van der Waals surface area contributed by atoms with Crippen molar-refractivity contribution >= 4 is 23.9 Å². The van der Waals surface area contributed by atoms with Crippen molar-refractivity contribution in [2.45, 2.75) is 6.92 Å². The van der Waals surface area contributed by atoms with Crippen LogP contribution in [0, 0.1) is 0 Å². The third-order valence-corrected chi connectivity index (χ3v) is 1.66. The second-order valence-electron chi connectivity index (χ2n) is 2.28. The molecule has 0 aromatic carbocycles. The average molecular weight is 221 g/mol. The minimum atomic E-state index is -0.377. The summed E-state index contributed by atoms with van der Waals surface area (Å²) in [7, 11) is 1.47. The minimum Gasteiger partial charge on any atom is -0.361 e. The molecular weight excluding hydrogens is 208 g/mol. The number of ether oxygens (including phenoxy) is 1. The van der Waals surface area contributed by atoms with Crippen molar-refractivity contribution in [2.24, 2.45) is 0 Å². The lowest BCUT2D eigenvalue weighted by atomic mass is 10.5. The van der Waals surface area contributed by atoms with Gasteiger partial charge in [-0.3, -0.25) is 14.5 Å². The van der Waals surface area contributed by atoms with Crippen LogP contribution in [-0.4, -0.2) is 37.6 Å². The van der Waals surface area contributed by atoms with Crippen LogP contribution in [0.4, 0.5) is 0 Å². The van der Waals surface area contributed by atoms with Gasteiger partial charge in [-0.05, 0) is 6.92 Å². The molecule has 2 amide bonds. The fourth-order valence-electron chi connectivity index (χ4n) is 0.595. The lowest BCUT2D eigenvalue weighted by Gasteiger charge is -2.15. The number of nitrogens with one attached hydrogen (secondary N) is 1. The van der Waals surface area contributed by atoms with Crippen molar-refractivity contribution < 1.29 is 14.3 Å². The molecule has 0 radical (unpaired) electrons. The number of halogens is 1. The largest absolute Gasteiger partial charge is 0.361 e. The van der Waals surface area contributed by atoms with E-state index >= 15 is 0 Å². The summed E-state index contributed by atoms with van der Waals surface area (Å²) in [5.74, 6) is -0.377. The predicted octanol–water partition coefficient (Wildman–Crippen LogP) is 0.265. The molecule has 5 nitrogen and oxygen atoms in total. The van der Waals surface area contributed by atoms with Crippen molar-refractivity contribution in [3.63, 3.8) is 0 Å². The van der Waals surface area contributed by atoms with Gasteiger partial charge >= 0.3 is 0 Å². The Morgan fingerprint density at radius 3 is 2.71 bits per heavy atom. The van der Waals surface area contributed by atoms with Gasteiger partial charge in [-0.1, -0.05) is 11.6 Å². The predicted molar refractivity (Wildman–Crippen MR) is 52.4 cm³/mol. The van der Waals surface area contributed by atoms with Crippen LogP contribution in [0.15, 0.2) is 11.2 Å². The first-order valence-electron chi connectivity index (χ1n) is 4.04. The summed E-state index contributed by atoms with van der Waals surface area (Å²) in [5, 5.41) is 2.37. The fraction of sp³-hybridized carbons (Fsp3) is 0.500. The van der Waals surface area contributed by atoms with Gasteiger partial charge in [0.1, 0.15) is 11.9 Å². The van der Waals surface area contributed by atoms with Crippen LogP contribution >= 0.6 is 11.6 Å². The number of carbonyl (C=O) groups excluding carboxylic acids is 2. The summed E-state index contributed by atoms with van der Waals surface area (Å²) < 4.78 is 4.96. The Morgan fingerprint density at radius 2 is 2.29 bits per heavy atom. The second-order valence-corrected chi connectivity index (χ2v) is 2.67. The van der Waals surface area contributed by atoms with E-state index in [9.17, 15) is 9.59 Å². The maximum absolute atomic E-state index is 10.9. The number of amides is 2. The Balaban J connectivity index is 4.28. The topological polar surface area (TPSA) is 58.6 Å². The molecule has 0 aliphatic carbocycles. The summed E-state index contributed by atoms with van der Waals surface area (Å²) in [6, 6.07) is 0. The standard InChI is InChI=1S/C8H13ClN2O3/c1-3-14-6-11(5-12)7(9)4-8(13)10-2/h4-5H,3,6H2,1-2H3,(H,10,13)/b7-4-. The number of hydrogen-bond donors (Lipinski definition) is 1. The Hall–Kier alpha value is -1.07. The minimum absolute atomic E-state index is 0.0211. The molecular formula is C8H13ClN2O3. The smallest absolute Gasteiger partial charge is 0.246 e. The Labute approximate surface area is 87.7 Å². The van der Waals surface area contributed by atoms with Crippen LogP contribution < -0.4 is 5.32 Å². The van der Waals surface area contributed by atoms with E-state index in [0.717, 1.165) is 11.0 Å². The van der Waals surface area contributed by atoms with Gasteiger partial charge in [-0.15, -0.1) is 0 Å². The van der Waals surface area contributed by atoms with E-state index < -0.39 is 0 Å². The fourth-order valence-corrected chi connectivity index (χ4v) is 0.783. The zero-order chi connectivity index (χ0) is 11.0. The molecule has 0 fully saturated rings. The van der Waals surface area contributed by atoms with E-state index in [1.807, 2.05) is 0 Å². The molecule has 6 heteroatoms. The summed E-state index contributed by atoms with van der Waals surface area (Å²) in [4.78, 5) is 22.5. The van der Waals surface area contributed by atoms with Gasteiger partial charge in [0, 0.05) is 19.7 Å². The SMILES string of the molecule is CCOCN(C=O)/C(Cl)=C\C(=O)NC.